The first-order valence-corrected chi connectivity index (χ1v) is 6.46. The van der Waals surface area contributed by atoms with Crippen molar-refractivity contribution in [3.63, 3.8) is 0 Å². The summed E-state index contributed by atoms with van der Waals surface area (Å²) >= 11 is 0. The Morgan fingerprint density at radius 3 is 2.07 bits per heavy atom. The molecule has 1 heteroatoms. The first kappa shape index (κ1) is 15.0. The summed E-state index contributed by atoms with van der Waals surface area (Å²) in [5, 5.41) is 11.2. The van der Waals surface area contributed by atoms with Crippen molar-refractivity contribution in [2.45, 2.75) is 66.4 Å². The minimum absolute atomic E-state index is 0.507. The Morgan fingerprint density at radius 2 is 1.67 bits per heavy atom. The molecule has 90 valence electrons. The van der Waals surface area contributed by atoms with E-state index in [9.17, 15) is 5.11 Å². The fourth-order valence-electron chi connectivity index (χ4n) is 2.46. The maximum absolute atomic E-state index is 11.2. The van der Waals surface area contributed by atoms with E-state index >= 15 is 0 Å². The van der Waals surface area contributed by atoms with Gasteiger partial charge in [0.15, 0.2) is 0 Å². The van der Waals surface area contributed by atoms with E-state index in [0.717, 1.165) is 11.8 Å². The molecule has 0 N–H and O–H groups in total. The molecule has 1 nitrogen and oxygen atoms in total. The molecule has 0 bridgehead atoms. The van der Waals surface area contributed by atoms with Crippen LogP contribution in [0.5, 0.6) is 0 Å². The standard InChI is InChI=1S/C14H28O/c1-6-7-14(10-13(5)15)9-12(4)8-11(2)3/h10-14H,6-9H2,1-5H3. The van der Waals surface area contributed by atoms with Crippen LogP contribution < -0.4 is 0 Å². The SMILES string of the molecule is CCCC([CH]C(C)[O])CC(C)CC(C)C. The topological polar surface area (TPSA) is 19.9 Å². The van der Waals surface area contributed by atoms with Crippen molar-refractivity contribution in [2.75, 3.05) is 0 Å². The summed E-state index contributed by atoms with van der Waals surface area (Å²) in [6.45, 7) is 10.8. The van der Waals surface area contributed by atoms with Gasteiger partial charge in [-0.15, -0.1) is 0 Å². The molecule has 3 unspecified atom stereocenters. The second-order valence-corrected chi connectivity index (χ2v) is 5.42. The first-order chi connectivity index (χ1) is 6.95. The molecule has 2 radical (unpaired) electrons. The van der Waals surface area contributed by atoms with Gasteiger partial charge in [0.25, 0.3) is 0 Å². The second-order valence-electron chi connectivity index (χ2n) is 5.42. The van der Waals surface area contributed by atoms with E-state index in [0.29, 0.717) is 5.92 Å². The predicted molar refractivity (Wildman–Crippen MR) is 66.1 cm³/mol. The van der Waals surface area contributed by atoms with E-state index in [-0.39, 0.29) is 0 Å². The van der Waals surface area contributed by atoms with Gasteiger partial charge in [-0.2, -0.15) is 0 Å². The van der Waals surface area contributed by atoms with E-state index in [1.807, 2.05) is 6.42 Å². The highest BCUT2D eigenvalue weighted by Gasteiger charge is 2.16. The highest BCUT2D eigenvalue weighted by molar-refractivity contribution is 4.82. The van der Waals surface area contributed by atoms with Crippen molar-refractivity contribution in [1.29, 1.82) is 0 Å². The third-order valence-corrected chi connectivity index (χ3v) is 2.78. The Bertz CT molecular complexity index is 140. The van der Waals surface area contributed by atoms with Crippen LogP contribution in [0, 0.1) is 24.2 Å². The zero-order chi connectivity index (χ0) is 11.8. The first-order valence-electron chi connectivity index (χ1n) is 6.46. The maximum Gasteiger partial charge on any atom is 0.0936 e. The fraction of sp³-hybridized carbons (Fsp3) is 0.929. The molecule has 0 aliphatic heterocycles. The molecule has 0 heterocycles. The average molecular weight is 212 g/mol. The van der Waals surface area contributed by atoms with Gasteiger partial charge in [-0.05, 0) is 43.9 Å². The normalized spacial score (nSPS) is 17.8. The van der Waals surface area contributed by atoms with Gasteiger partial charge in [0, 0.05) is 0 Å². The summed E-state index contributed by atoms with van der Waals surface area (Å²) in [7, 11) is 0. The number of hydrogen-bond donors (Lipinski definition) is 0. The summed E-state index contributed by atoms with van der Waals surface area (Å²) in [5.41, 5.74) is 0. The van der Waals surface area contributed by atoms with Gasteiger partial charge in [-0.25, -0.2) is 5.11 Å². The zero-order valence-electron chi connectivity index (χ0n) is 11.1. The van der Waals surface area contributed by atoms with Crippen LogP contribution in [0.25, 0.3) is 0 Å². The summed E-state index contributed by atoms with van der Waals surface area (Å²) in [5.74, 6) is 2.06. The molecular formula is C14H28O. The lowest BCUT2D eigenvalue weighted by Gasteiger charge is -2.22. The minimum atomic E-state index is -0.507. The largest absolute Gasteiger partial charge is 0.233 e. The van der Waals surface area contributed by atoms with Gasteiger partial charge < -0.3 is 0 Å². The molecule has 0 saturated carbocycles. The molecule has 0 aliphatic rings. The van der Waals surface area contributed by atoms with Crippen molar-refractivity contribution in [1.82, 2.24) is 0 Å². The van der Waals surface area contributed by atoms with Crippen LogP contribution in [0.1, 0.15) is 60.3 Å². The van der Waals surface area contributed by atoms with Crippen LogP contribution in [0.2, 0.25) is 0 Å². The van der Waals surface area contributed by atoms with Crippen molar-refractivity contribution in [2.24, 2.45) is 17.8 Å². The quantitative estimate of drug-likeness (QED) is 0.564. The average Bonchev–Trinajstić information content (AvgIpc) is 2.00. The lowest BCUT2D eigenvalue weighted by Crippen LogP contribution is -2.14. The molecule has 0 aromatic heterocycles. The lowest BCUT2D eigenvalue weighted by atomic mass is 9.84. The predicted octanol–water partition coefficient (Wildman–Crippen LogP) is 4.50. The number of hydrogen-bond acceptors (Lipinski definition) is 0. The maximum atomic E-state index is 11.2. The van der Waals surface area contributed by atoms with Crippen LogP contribution in [0.4, 0.5) is 0 Å². The van der Waals surface area contributed by atoms with E-state index in [2.05, 4.69) is 27.7 Å². The van der Waals surface area contributed by atoms with E-state index in [4.69, 9.17) is 0 Å². The Hall–Kier alpha value is -0.0400. The highest BCUT2D eigenvalue weighted by atomic mass is 16.3. The smallest absolute Gasteiger partial charge is 0.0936 e. The summed E-state index contributed by atoms with van der Waals surface area (Å²) in [6, 6.07) is 0. The van der Waals surface area contributed by atoms with Crippen molar-refractivity contribution < 1.29 is 5.11 Å². The van der Waals surface area contributed by atoms with Crippen LogP contribution >= 0.6 is 0 Å². The van der Waals surface area contributed by atoms with Gasteiger partial charge in [-0.3, -0.25) is 0 Å². The summed E-state index contributed by atoms with van der Waals surface area (Å²) in [6.07, 6.45) is 6.32. The van der Waals surface area contributed by atoms with Crippen molar-refractivity contribution in [3.8, 4) is 0 Å². The fourth-order valence-corrected chi connectivity index (χ4v) is 2.46. The molecule has 0 aromatic rings. The van der Waals surface area contributed by atoms with Crippen LogP contribution in [-0.4, -0.2) is 6.10 Å². The van der Waals surface area contributed by atoms with Crippen LogP contribution in [0.15, 0.2) is 0 Å². The zero-order valence-corrected chi connectivity index (χ0v) is 11.1. The van der Waals surface area contributed by atoms with Gasteiger partial charge in [0.1, 0.15) is 0 Å². The van der Waals surface area contributed by atoms with Crippen LogP contribution in [0.3, 0.4) is 0 Å². The molecule has 0 amide bonds. The minimum Gasteiger partial charge on any atom is -0.233 e. The third kappa shape index (κ3) is 8.92. The molecule has 15 heavy (non-hydrogen) atoms. The molecule has 0 saturated heterocycles. The lowest BCUT2D eigenvalue weighted by molar-refractivity contribution is 0.117. The molecule has 0 aromatic carbocycles. The summed E-state index contributed by atoms with van der Waals surface area (Å²) in [4.78, 5) is 0. The van der Waals surface area contributed by atoms with Gasteiger partial charge in [-0.1, -0.05) is 40.5 Å². The molecule has 3 atom stereocenters. The molecule has 0 fully saturated rings. The Morgan fingerprint density at radius 1 is 1.07 bits per heavy atom. The van der Waals surface area contributed by atoms with Gasteiger partial charge >= 0.3 is 0 Å². The second kappa shape index (κ2) is 8.15. The molecular weight excluding hydrogens is 184 g/mol. The third-order valence-electron chi connectivity index (χ3n) is 2.78. The molecule has 0 spiro atoms. The highest BCUT2D eigenvalue weighted by Crippen LogP contribution is 2.25. The van der Waals surface area contributed by atoms with E-state index < -0.39 is 6.10 Å². The molecule has 0 aliphatic carbocycles. The Kier molecular flexibility index (Phi) is 8.13. The Balaban J connectivity index is 3.91. The monoisotopic (exact) mass is 212 g/mol. The number of rotatable bonds is 8. The van der Waals surface area contributed by atoms with Gasteiger partial charge in [0.05, 0.1) is 6.10 Å². The van der Waals surface area contributed by atoms with E-state index in [1.165, 1.54) is 25.7 Å². The van der Waals surface area contributed by atoms with Crippen molar-refractivity contribution >= 4 is 0 Å². The van der Waals surface area contributed by atoms with Gasteiger partial charge in [0.2, 0.25) is 0 Å². The van der Waals surface area contributed by atoms with Crippen molar-refractivity contribution in [3.05, 3.63) is 6.42 Å². The molecule has 0 rings (SSSR count). The van der Waals surface area contributed by atoms with Crippen LogP contribution in [-0.2, 0) is 5.11 Å². The van der Waals surface area contributed by atoms with E-state index in [1.54, 1.807) is 6.92 Å². The Labute approximate surface area is 96.3 Å². The summed E-state index contributed by atoms with van der Waals surface area (Å²) < 4.78 is 0.